The highest BCUT2D eigenvalue weighted by Crippen LogP contribution is 2.30. The van der Waals surface area contributed by atoms with Crippen LogP contribution < -0.4 is 5.56 Å². The van der Waals surface area contributed by atoms with Crippen LogP contribution in [0, 0.1) is 0 Å². The third kappa shape index (κ3) is 3.54. The number of aryl methyl sites for hydroxylation is 1. The molecule has 0 saturated carbocycles. The van der Waals surface area contributed by atoms with Crippen LogP contribution in [0.1, 0.15) is 54.9 Å². The zero-order valence-corrected chi connectivity index (χ0v) is 16.6. The summed E-state index contributed by atoms with van der Waals surface area (Å²) in [5.74, 6) is 0. The summed E-state index contributed by atoms with van der Waals surface area (Å²) in [6, 6.07) is 0. The quantitative estimate of drug-likeness (QED) is 0.587. The third-order valence-corrected chi connectivity index (χ3v) is 5.79. The SMILES string of the molecule is CCN(CC)Cc1c(Cc2nccnc2-c2c[nH][nH]c2=O)[nH]c2c1CCCC2. The highest BCUT2D eigenvalue weighted by molar-refractivity contribution is 5.60. The van der Waals surface area contributed by atoms with Gasteiger partial charge in [-0.05, 0) is 49.9 Å². The molecular weight excluding hydrogens is 352 g/mol. The first-order chi connectivity index (χ1) is 13.7. The molecule has 0 amide bonds. The van der Waals surface area contributed by atoms with Gasteiger partial charge in [0.1, 0.15) is 0 Å². The number of aromatic nitrogens is 5. The molecule has 7 heteroatoms. The van der Waals surface area contributed by atoms with Gasteiger partial charge in [-0.1, -0.05) is 13.8 Å². The Balaban J connectivity index is 1.74. The van der Waals surface area contributed by atoms with Crippen LogP contribution in [0.15, 0.2) is 23.4 Å². The molecule has 3 heterocycles. The van der Waals surface area contributed by atoms with Gasteiger partial charge in [0.05, 0.1) is 17.0 Å². The first kappa shape index (κ1) is 18.7. The maximum atomic E-state index is 12.1. The van der Waals surface area contributed by atoms with Crippen molar-refractivity contribution >= 4 is 0 Å². The minimum atomic E-state index is -0.170. The molecule has 148 valence electrons. The average Bonchev–Trinajstić information content (AvgIpc) is 3.30. The largest absolute Gasteiger partial charge is 0.361 e. The second-order valence-corrected chi connectivity index (χ2v) is 7.39. The molecule has 3 aromatic heterocycles. The maximum absolute atomic E-state index is 12.1. The van der Waals surface area contributed by atoms with E-state index in [1.807, 2.05) is 0 Å². The summed E-state index contributed by atoms with van der Waals surface area (Å²) in [7, 11) is 0. The highest BCUT2D eigenvalue weighted by atomic mass is 16.1. The van der Waals surface area contributed by atoms with E-state index in [-0.39, 0.29) is 5.56 Å². The van der Waals surface area contributed by atoms with E-state index in [4.69, 9.17) is 0 Å². The fourth-order valence-electron chi connectivity index (χ4n) is 4.20. The molecule has 0 aromatic carbocycles. The lowest BCUT2D eigenvalue weighted by molar-refractivity contribution is 0.294. The van der Waals surface area contributed by atoms with Gasteiger partial charge in [-0.3, -0.25) is 24.8 Å². The van der Waals surface area contributed by atoms with Gasteiger partial charge in [-0.15, -0.1) is 0 Å². The molecule has 3 aromatic rings. The van der Waals surface area contributed by atoms with Crippen LogP contribution in [0.3, 0.4) is 0 Å². The number of H-pyrrole nitrogens is 3. The summed E-state index contributed by atoms with van der Waals surface area (Å²) >= 11 is 0. The van der Waals surface area contributed by atoms with Crippen molar-refractivity contribution in [3.63, 3.8) is 0 Å². The Bertz CT molecular complexity index is 994. The Labute approximate surface area is 164 Å². The molecule has 0 atom stereocenters. The standard InChI is InChI=1S/C21H28N6O/c1-3-27(4-2)13-16-14-7-5-6-8-17(14)25-18(16)11-19-20(23-10-9-22-19)15-12-24-26-21(15)28/h9-10,12,25H,3-8,11,13H2,1-2H3,(H2,24,26,28). The summed E-state index contributed by atoms with van der Waals surface area (Å²) in [5, 5.41) is 5.35. The number of rotatable bonds is 7. The molecule has 0 aliphatic heterocycles. The number of hydrogen-bond donors (Lipinski definition) is 3. The predicted molar refractivity (Wildman–Crippen MR) is 109 cm³/mol. The number of nitrogens with zero attached hydrogens (tertiary/aromatic N) is 3. The highest BCUT2D eigenvalue weighted by Gasteiger charge is 2.23. The van der Waals surface area contributed by atoms with Gasteiger partial charge >= 0.3 is 0 Å². The first-order valence-corrected chi connectivity index (χ1v) is 10.2. The Morgan fingerprint density at radius 2 is 1.89 bits per heavy atom. The number of fused-ring (bicyclic) bond motifs is 1. The Kier molecular flexibility index (Phi) is 5.43. The van der Waals surface area contributed by atoms with Crippen molar-refractivity contribution in [1.29, 1.82) is 0 Å². The minimum absolute atomic E-state index is 0.170. The van der Waals surface area contributed by atoms with Gasteiger partial charge in [0.25, 0.3) is 5.56 Å². The van der Waals surface area contributed by atoms with E-state index in [0.29, 0.717) is 17.7 Å². The van der Waals surface area contributed by atoms with E-state index in [1.54, 1.807) is 18.6 Å². The van der Waals surface area contributed by atoms with E-state index >= 15 is 0 Å². The topological polar surface area (TPSA) is 93.5 Å². The van der Waals surface area contributed by atoms with Crippen LogP contribution in [0.25, 0.3) is 11.3 Å². The van der Waals surface area contributed by atoms with Crippen molar-refractivity contribution in [3.05, 3.63) is 57.2 Å². The second kappa shape index (κ2) is 8.14. The minimum Gasteiger partial charge on any atom is -0.361 e. The molecule has 0 radical (unpaired) electrons. The van der Waals surface area contributed by atoms with Crippen molar-refractivity contribution in [2.24, 2.45) is 0 Å². The van der Waals surface area contributed by atoms with Crippen LogP contribution in [0.2, 0.25) is 0 Å². The van der Waals surface area contributed by atoms with Crippen LogP contribution in [0.5, 0.6) is 0 Å². The molecular formula is C21H28N6O. The van der Waals surface area contributed by atoms with Crippen molar-refractivity contribution < 1.29 is 0 Å². The fraction of sp³-hybridized carbons (Fsp3) is 0.476. The normalized spacial score (nSPS) is 13.8. The Hall–Kier alpha value is -2.67. The van der Waals surface area contributed by atoms with Gasteiger partial charge in [0.2, 0.25) is 0 Å². The molecule has 3 N–H and O–H groups in total. The van der Waals surface area contributed by atoms with Gasteiger partial charge in [-0.2, -0.15) is 0 Å². The maximum Gasteiger partial charge on any atom is 0.273 e. The molecule has 28 heavy (non-hydrogen) atoms. The summed E-state index contributed by atoms with van der Waals surface area (Å²) in [4.78, 5) is 27.3. The van der Waals surface area contributed by atoms with Crippen LogP contribution in [0.4, 0.5) is 0 Å². The van der Waals surface area contributed by atoms with Gasteiger partial charge < -0.3 is 10.1 Å². The molecule has 4 rings (SSSR count). The summed E-state index contributed by atoms with van der Waals surface area (Å²) in [6.45, 7) is 7.44. The van der Waals surface area contributed by atoms with Crippen molar-refractivity contribution in [2.75, 3.05) is 13.1 Å². The lowest BCUT2D eigenvalue weighted by Crippen LogP contribution is -2.23. The van der Waals surface area contributed by atoms with Gasteiger partial charge in [-0.25, -0.2) is 0 Å². The molecule has 0 unspecified atom stereocenters. The molecule has 0 fully saturated rings. The first-order valence-electron chi connectivity index (χ1n) is 10.2. The van der Waals surface area contributed by atoms with E-state index in [1.165, 1.54) is 35.4 Å². The Morgan fingerprint density at radius 3 is 2.64 bits per heavy atom. The fourth-order valence-corrected chi connectivity index (χ4v) is 4.20. The zero-order chi connectivity index (χ0) is 19.5. The van der Waals surface area contributed by atoms with Crippen LogP contribution in [-0.4, -0.2) is 43.1 Å². The summed E-state index contributed by atoms with van der Waals surface area (Å²) < 4.78 is 0. The molecule has 1 aliphatic rings. The monoisotopic (exact) mass is 380 g/mol. The van der Waals surface area contributed by atoms with Crippen molar-refractivity contribution in [1.82, 2.24) is 30.0 Å². The number of aromatic amines is 3. The van der Waals surface area contributed by atoms with E-state index in [2.05, 4.69) is 43.9 Å². The molecule has 0 spiro atoms. The van der Waals surface area contributed by atoms with E-state index in [0.717, 1.165) is 38.2 Å². The van der Waals surface area contributed by atoms with E-state index < -0.39 is 0 Å². The summed E-state index contributed by atoms with van der Waals surface area (Å²) in [6.07, 6.45) is 10.4. The van der Waals surface area contributed by atoms with Crippen molar-refractivity contribution in [2.45, 2.75) is 52.5 Å². The predicted octanol–water partition coefficient (Wildman–Crippen LogP) is 2.80. The van der Waals surface area contributed by atoms with Crippen LogP contribution in [-0.2, 0) is 25.8 Å². The third-order valence-electron chi connectivity index (χ3n) is 5.79. The van der Waals surface area contributed by atoms with Gasteiger partial charge in [0, 0.05) is 42.9 Å². The van der Waals surface area contributed by atoms with E-state index in [9.17, 15) is 4.79 Å². The Morgan fingerprint density at radius 1 is 1.11 bits per heavy atom. The lowest BCUT2D eigenvalue weighted by atomic mass is 9.93. The number of nitrogens with one attached hydrogen (secondary N) is 3. The zero-order valence-electron chi connectivity index (χ0n) is 16.6. The molecule has 0 bridgehead atoms. The lowest BCUT2D eigenvalue weighted by Gasteiger charge is -2.21. The van der Waals surface area contributed by atoms with Crippen LogP contribution >= 0.6 is 0 Å². The second-order valence-electron chi connectivity index (χ2n) is 7.39. The average molecular weight is 380 g/mol. The van der Waals surface area contributed by atoms with Crippen molar-refractivity contribution in [3.8, 4) is 11.3 Å². The molecule has 7 nitrogen and oxygen atoms in total. The number of hydrogen-bond acceptors (Lipinski definition) is 4. The smallest absolute Gasteiger partial charge is 0.273 e. The van der Waals surface area contributed by atoms with Gasteiger partial charge in [0.15, 0.2) is 0 Å². The molecule has 1 aliphatic carbocycles. The summed E-state index contributed by atoms with van der Waals surface area (Å²) in [5.41, 5.74) is 7.34. The molecule has 0 saturated heterocycles.